The normalized spacial score (nSPS) is 13.3. The van der Waals surface area contributed by atoms with Crippen molar-refractivity contribution in [1.82, 2.24) is 4.72 Å². The van der Waals surface area contributed by atoms with E-state index in [1.54, 1.807) is 41.8 Å². The van der Waals surface area contributed by atoms with Crippen molar-refractivity contribution in [2.24, 2.45) is 0 Å². The molecule has 0 saturated carbocycles. The molecule has 1 atom stereocenters. The number of methoxy groups -OCH3 is 1. The quantitative estimate of drug-likeness (QED) is 0.429. The predicted molar refractivity (Wildman–Crippen MR) is 113 cm³/mol. The molecule has 0 aliphatic carbocycles. The summed E-state index contributed by atoms with van der Waals surface area (Å²) >= 11 is 1.19. The van der Waals surface area contributed by atoms with E-state index < -0.39 is 22.0 Å². The third-order valence-corrected chi connectivity index (χ3v) is 7.12. The van der Waals surface area contributed by atoms with Crippen LogP contribution in [-0.4, -0.2) is 21.5 Å². The van der Waals surface area contributed by atoms with Gasteiger partial charge in [-0.05, 0) is 42.0 Å². The largest absolute Gasteiger partial charge is 0.465 e. The van der Waals surface area contributed by atoms with Crippen LogP contribution in [0.2, 0.25) is 0 Å². The van der Waals surface area contributed by atoms with E-state index in [1.807, 2.05) is 0 Å². The summed E-state index contributed by atoms with van der Waals surface area (Å²) in [7, 11) is -2.31. The van der Waals surface area contributed by atoms with Crippen LogP contribution in [0.5, 0.6) is 0 Å². The molecule has 0 radical (unpaired) electrons. The summed E-state index contributed by atoms with van der Waals surface area (Å²) in [5, 5.41) is 1.74. The molecule has 0 fully saturated rings. The number of sulfonamides is 1. The molecule has 0 bridgehead atoms. The van der Waals surface area contributed by atoms with E-state index >= 15 is 0 Å². The zero-order valence-corrected chi connectivity index (χ0v) is 18.1. The molecule has 0 aliphatic heterocycles. The third kappa shape index (κ3) is 5.77. The molecule has 7 heteroatoms. The second kappa shape index (κ2) is 10.5. The Morgan fingerprint density at radius 3 is 2.43 bits per heavy atom. The lowest BCUT2D eigenvalue weighted by molar-refractivity contribution is 0.0600. The number of esters is 1. The van der Waals surface area contributed by atoms with Gasteiger partial charge in [-0.3, -0.25) is 0 Å². The van der Waals surface area contributed by atoms with Crippen LogP contribution in [0, 0.1) is 0 Å². The number of hydrogen-bond donors (Lipinski definition) is 1. The topological polar surface area (TPSA) is 72.5 Å². The van der Waals surface area contributed by atoms with Crippen molar-refractivity contribution in [3.8, 4) is 0 Å². The first-order valence-electron chi connectivity index (χ1n) is 9.36. The number of ether oxygens (including phenoxy) is 1. The molecule has 1 unspecified atom stereocenters. The van der Waals surface area contributed by atoms with Crippen LogP contribution in [0.4, 0.5) is 0 Å². The Bertz CT molecular complexity index is 885. The van der Waals surface area contributed by atoms with Gasteiger partial charge >= 0.3 is 5.97 Å². The summed E-state index contributed by atoms with van der Waals surface area (Å²) in [6.07, 6.45) is 5.69. The SMILES string of the molecule is CCC/C=C(\CCC)C(NS(=O)(=O)c1cccs1)c1ccc(C(=O)OC)cc1. The number of carbonyl (C=O) groups is 1. The molecule has 152 valence electrons. The van der Waals surface area contributed by atoms with Gasteiger partial charge < -0.3 is 4.74 Å². The number of nitrogens with one attached hydrogen (secondary N) is 1. The van der Waals surface area contributed by atoms with Crippen LogP contribution in [0.3, 0.4) is 0 Å². The number of hydrogen-bond acceptors (Lipinski definition) is 5. The standard InChI is InChI=1S/C21H27NO4S2/c1-4-6-9-16(8-5-2)20(22-28(24,25)19-10-7-15-27-19)17-11-13-18(14-12-17)21(23)26-3/h7,9-15,20,22H,4-6,8H2,1-3H3/b16-9+. The van der Waals surface area contributed by atoms with Gasteiger partial charge in [-0.1, -0.05) is 56.5 Å². The molecule has 28 heavy (non-hydrogen) atoms. The van der Waals surface area contributed by atoms with Crippen molar-refractivity contribution >= 4 is 27.3 Å². The molecule has 2 rings (SSSR count). The second-order valence-electron chi connectivity index (χ2n) is 6.42. The third-order valence-electron chi connectivity index (χ3n) is 4.30. The van der Waals surface area contributed by atoms with Crippen molar-refractivity contribution in [3.63, 3.8) is 0 Å². The fourth-order valence-corrected chi connectivity index (χ4v) is 5.14. The Hall–Kier alpha value is -1.96. The maximum atomic E-state index is 12.9. The van der Waals surface area contributed by atoms with Crippen molar-refractivity contribution in [3.05, 3.63) is 64.6 Å². The molecular formula is C21H27NO4S2. The smallest absolute Gasteiger partial charge is 0.337 e. The van der Waals surface area contributed by atoms with Crippen LogP contribution in [0.15, 0.2) is 57.6 Å². The van der Waals surface area contributed by atoms with Crippen LogP contribution < -0.4 is 4.72 Å². The summed E-state index contributed by atoms with van der Waals surface area (Å²) < 4.78 is 33.7. The van der Waals surface area contributed by atoms with Gasteiger partial charge in [0, 0.05) is 0 Å². The maximum absolute atomic E-state index is 12.9. The first-order valence-corrected chi connectivity index (χ1v) is 11.7. The zero-order valence-electron chi connectivity index (χ0n) is 16.5. The summed E-state index contributed by atoms with van der Waals surface area (Å²) in [6.45, 7) is 4.17. The Morgan fingerprint density at radius 1 is 1.18 bits per heavy atom. The van der Waals surface area contributed by atoms with Gasteiger partial charge in [-0.2, -0.15) is 4.72 Å². The minimum absolute atomic E-state index is 0.287. The Labute approximate surface area is 171 Å². The molecular weight excluding hydrogens is 394 g/mol. The Morgan fingerprint density at radius 2 is 1.89 bits per heavy atom. The van der Waals surface area contributed by atoms with E-state index in [0.29, 0.717) is 5.56 Å². The summed E-state index contributed by atoms with van der Waals surface area (Å²) in [6, 6.07) is 9.73. The van der Waals surface area contributed by atoms with Gasteiger partial charge in [0.15, 0.2) is 0 Å². The van der Waals surface area contributed by atoms with E-state index in [-0.39, 0.29) is 4.21 Å². The highest BCUT2D eigenvalue weighted by Crippen LogP contribution is 2.29. The predicted octanol–water partition coefficient (Wildman–Crippen LogP) is 5.08. The molecule has 1 N–H and O–H groups in total. The average molecular weight is 422 g/mol. The second-order valence-corrected chi connectivity index (χ2v) is 9.31. The molecule has 0 aliphatic rings. The Balaban J connectivity index is 2.44. The average Bonchev–Trinajstić information content (AvgIpc) is 3.25. The number of rotatable bonds is 10. The van der Waals surface area contributed by atoms with Gasteiger partial charge in [-0.15, -0.1) is 11.3 Å². The number of unbranched alkanes of at least 4 members (excludes halogenated alkanes) is 1. The van der Waals surface area contributed by atoms with Crippen LogP contribution in [-0.2, 0) is 14.8 Å². The van der Waals surface area contributed by atoms with Crippen molar-refractivity contribution < 1.29 is 17.9 Å². The summed E-state index contributed by atoms with van der Waals surface area (Å²) in [5.41, 5.74) is 2.26. The number of benzene rings is 1. The minimum atomic E-state index is -3.65. The van der Waals surface area contributed by atoms with Crippen LogP contribution in [0.25, 0.3) is 0 Å². The number of carbonyl (C=O) groups excluding carboxylic acids is 1. The lowest BCUT2D eigenvalue weighted by atomic mass is 9.94. The van der Waals surface area contributed by atoms with E-state index in [4.69, 9.17) is 4.74 Å². The molecule has 0 amide bonds. The molecule has 2 aromatic rings. The van der Waals surface area contributed by atoms with E-state index in [1.165, 1.54) is 18.4 Å². The van der Waals surface area contributed by atoms with Crippen molar-refractivity contribution in [1.29, 1.82) is 0 Å². The van der Waals surface area contributed by atoms with Crippen LogP contribution in [0.1, 0.15) is 61.5 Å². The molecule has 0 spiro atoms. The van der Waals surface area contributed by atoms with Crippen LogP contribution >= 0.6 is 11.3 Å². The highest BCUT2D eigenvalue weighted by molar-refractivity contribution is 7.91. The zero-order chi connectivity index (χ0) is 20.6. The molecule has 5 nitrogen and oxygen atoms in total. The minimum Gasteiger partial charge on any atom is -0.465 e. The van der Waals surface area contributed by atoms with Gasteiger partial charge in [0.2, 0.25) is 0 Å². The lowest BCUT2D eigenvalue weighted by Gasteiger charge is -2.22. The highest BCUT2D eigenvalue weighted by Gasteiger charge is 2.25. The molecule has 0 saturated heterocycles. The Kier molecular flexibility index (Phi) is 8.41. The summed E-state index contributed by atoms with van der Waals surface area (Å²) in [5.74, 6) is -0.419. The first kappa shape index (κ1) is 22.3. The molecule has 1 aromatic heterocycles. The number of thiophene rings is 1. The fourth-order valence-electron chi connectivity index (χ4n) is 2.90. The van der Waals surface area contributed by atoms with Gasteiger partial charge in [-0.25, -0.2) is 13.2 Å². The maximum Gasteiger partial charge on any atom is 0.337 e. The van der Waals surface area contributed by atoms with Gasteiger partial charge in [0.25, 0.3) is 10.0 Å². The van der Waals surface area contributed by atoms with E-state index in [9.17, 15) is 13.2 Å². The van der Waals surface area contributed by atoms with E-state index in [2.05, 4.69) is 24.6 Å². The highest BCUT2D eigenvalue weighted by atomic mass is 32.2. The van der Waals surface area contributed by atoms with E-state index in [0.717, 1.165) is 36.8 Å². The number of allylic oxidation sites excluding steroid dienone is 1. The van der Waals surface area contributed by atoms with Gasteiger partial charge in [0.05, 0.1) is 18.7 Å². The summed E-state index contributed by atoms with van der Waals surface area (Å²) in [4.78, 5) is 11.7. The van der Waals surface area contributed by atoms with Gasteiger partial charge in [0.1, 0.15) is 4.21 Å². The molecule has 1 aromatic carbocycles. The monoisotopic (exact) mass is 421 g/mol. The lowest BCUT2D eigenvalue weighted by Crippen LogP contribution is -2.29. The van der Waals surface area contributed by atoms with Crippen molar-refractivity contribution in [2.75, 3.05) is 7.11 Å². The fraction of sp³-hybridized carbons (Fsp3) is 0.381. The molecule has 1 heterocycles. The van der Waals surface area contributed by atoms with Crippen molar-refractivity contribution in [2.45, 2.75) is 49.8 Å². The first-order chi connectivity index (χ1) is 13.4.